The van der Waals surface area contributed by atoms with Crippen LogP contribution in [0, 0.1) is 6.92 Å². The van der Waals surface area contributed by atoms with Crippen molar-refractivity contribution in [1.82, 2.24) is 10.1 Å². The minimum Gasteiger partial charge on any atom is -0.360 e. The molecule has 0 aliphatic carbocycles. The van der Waals surface area contributed by atoms with E-state index >= 15 is 0 Å². The van der Waals surface area contributed by atoms with Crippen molar-refractivity contribution in [3.05, 3.63) is 47.2 Å². The number of anilines is 1. The van der Waals surface area contributed by atoms with E-state index in [1.165, 1.54) is 31.2 Å². The van der Waals surface area contributed by atoms with Crippen molar-refractivity contribution in [2.45, 2.75) is 72.3 Å². The number of benzene rings is 1. The fourth-order valence-corrected chi connectivity index (χ4v) is 3.15. The summed E-state index contributed by atoms with van der Waals surface area (Å²) < 4.78 is 4.96. The number of hydrogen-bond acceptors (Lipinski definition) is 4. The number of unbranched alkanes of at least 4 members (excludes halogenated alkanes) is 3. The third kappa shape index (κ3) is 7.04. The van der Waals surface area contributed by atoms with E-state index in [2.05, 4.69) is 17.4 Å². The van der Waals surface area contributed by atoms with Crippen LogP contribution in [0.3, 0.4) is 0 Å². The Balaban J connectivity index is 2.01. The third-order valence-electron chi connectivity index (χ3n) is 5.11. The van der Waals surface area contributed by atoms with Crippen LogP contribution in [0.25, 0.3) is 0 Å². The van der Waals surface area contributed by atoms with Crippen molar-refractivity contribution < 1.29 is 14.1 Å². The zero-order chi connectivity index (χ0) is 21.2. The van der Waals surface area contributed by atoms with Gasteiger partial charge in [0, 0.05) is 17.7 Å². The second-order valence-corrected chi connectivity index (χ2v) is 7.57. The number of hydrogen-bond donors (Lipinski definition) is 1. The Kier molecular flexibility index (Phi) is 8.90. The summed E-state index contributed by atoms with van der Waals surface area (Å²) in [6.45, 7) is 7.89. The Morgan fingerprint density at radius 3 is 2.45 bits per heavy atom. The van der Waals surface area contributed by atoms with Crippen LogP contribution in [0.1, 0.15) is 74.6 Å². The molecule has 1 unspecified atom stereocenters. The first kappa shape index (κ1) is 22.7. The number of rotatable bonds is 11. The van der Waals surface area contributed by atoms with E-state index in [1.54, 1.807) is 17.9 Å². The van der Waals surface area contributed by atoms with Gasteiger partial charge in [-0.05, 0) is 50.8 Å². The maximum Gasteiger partial charge on any atom is 0.254 e. The van der Waals surface area contributed by atoms with Gasteiger partial charge in [-0.1, -0.05) is 50.4 Å². The predicted molar refractivity (Wildman–Crippen MR) is 115 cm³/mol. The molecule has 2 rings (SSSR count). The standard InChI is InChI=1S/C23H33N3O3/c1-5-7-8-9-10-19-11-13-20(14-12-19)23(28)26(17(3)6-2)16-22(27)24-21-15-18(4)29-25-21/h11-15,17H,5-10,16H2,1-4H3,(H,24,25,27). The largest absolute Gasteiger partial charge is 0.360 e. The Hall–Kier alpha value is -2.63. The monoisotopic (exact) mass is 399 g/mol. The van der Waals surface area contributed by atoms with Gasteiger partial charge in [0.05, 0.1) is 0 Å². The van der Waals surface area contributed by atoms with Gasteiger partial charge in [-0.15, -0.1) is 0 Å². The highest BCUT2D eigenvalue weighted by Crippen LogP contribution is 2.15. The van der Waals surface area contributed by atoms with Gasteiger partial charge in [-0.25, -0.2) is 0 Å². The zero-order valence-electron chi connectivity index (χ0n) is 18.0. The quantitative estimate of drug-likeness (QED) is 0.540. The van der Waals surface area contributed by atoms with E-state index in [-0.39, 0.29) is 24.4 Å². The van der Waals surface area contributed by atoms with Gasteiger partial charge in [0.1, 0.15) is 12.3 Å². The molecular formula is C23H33N3O3. The molecule has 0 aliphatic heterocycles. The molecule has 2 aromatic rings. The third-order valence-corrected chi connectivity index (χ3v) is 5.11. The van der Waals surface area contributed by atoms with E-state index in [0.29, 0.717) is 17.1 Å². The first-order valence-electron chi connectivity index (χ1n) is 10.6. The highest BCUT2D eigenvalue weighted by atomic mass is 16.5. The number of carbonyl (C=O) groups is 2. The minimum absolute atomic E-state index is 0.0292. The van der Waals surface area contributed by atoms with Crippen LogP contribution in [0.15, 0.2) is 34.9 Å². The first-order chi connectivity index (χ1) is 13.9. The molecule has 6 heteroatoms. The van der Waals surface area contributed by atoms with Gasteiger partial charge in [-0.3, -0.25) is 9.59 Å². The molecule has 1 heterocycles. The Labute approximate surface area is 173 Å². The summed E-state index contributed by atoms with van der Waals surface area (Å²) in [6, 6.07) is 9.36. The van der Waals surface area contributed by atoms with Crippen molar-refractivity contribution in [2.24, 2.45) is 0 Å². The molecule has 0 bridgehead atoms. The van der Waals surface area contributed by atoms with Crippen LogP contribution in [-0.4, -0.2) is 34.5 Å². The molecule has 0 radical (unpaired) electrons. The highest BCUT2D eigenvalue weighted by Gasteiger charge is 2.23. The van der Waals surface area contributed by atoms with Gasteiger partial charge in [0.2, 0.25) is 5.91 Å². The van der Waals surface area contributed by atoms with Crippen LogP contribution in [0.2, 0.25) is 0 Å². The molecule has 6 nitrogen and oxygen atoms in total. The molecule has 0 saturated heterocycles. The van der Waals surface area contributed by atoms with E-state index < -0.39 is 0 Å². The van der Waals surface area contributed by atoms with E-state index in [1.807, 2.05) is 38.1 Å². The number of nitrogens with one attached hydrogen (secondary N) is 1. The van der Waals surface area contributed by atoms with Crippen molar-refractivity contribution in [3.8, 4) is 0 Å². The number of aryl methyl sites for hydroxylation is 2. The second kappa shape index (κ2) is 11.4. The summed E-state index contributed by atoms with van der Waals surface area (Å²) in [5.41, 5.74) is 1.85. The lowest BCUT2D eigenvalue weighted by atomic mass is 10.0. The molecule has 158 valence electrons. The molecule has 0 spiro atoms. The smallest absolute Gasteiger partial charge is 0.254 e. The first-order valence-corrected chi connectivity index (χ1v) is 10.6. The number of nitrogens with zero attached hydrogens (tertiary/aromatic N) is 2. The zero-order valence-corrected chi connectivity index (χ0v) is 18.0. The molecule has 1 aromatic carbocycles. The average Bonchev–Trinajstić information content (AvgIpc) is 3.13. The van der Waals surface area contributed by atoms with Crippen LogP contribution >= 0.6 is 0 Å². The Morgan fingerprint density at radius 1 is 1.14 bits per heavy atom. The summed E-state index contributed by atoms with van der Waals surface area (Å²) >= 11 is 0. The van der Waals surface area contributed by atoms with Gasteiger partial charge >= 0.3 is 0 Å². The van der Waals surface area contributed by atoms with E-state index in [9.17, 15) is 9.59 Å². The molecule has 0 saturated carbocycles. The molecular weight excluding hydrogens is 366 g/mol. The molecule has 29 heavy (non-hydrogen) atoms. The summed E-state index contributed by atoms with van der Waals surface area (Å²) in [7, 11) is 0. The summed E-state index contributed by atoms with van der Waals surface area (Å²) in [6.07, 6.45) is 6.68. The van der Waals surface area contributed by atoms with Crippen LogP contribution in [0.5, 0.6) is 0 Å². The number of amides is 2. The molecule has 0 fully saturated rings. The minimum atomic E-state index is -0.292. The molecule has 0 aliphatic rings. The lowest BCUT2D eigenvalue weighted by Gasteiger charge is -2.28. The Bertz CT molecular complexity index is 783. The van der Waals surface area contributed by atoms with Crippen LogP contribution in [0.4, 0.5) is 5.82 Å². The van der Waals surface area contributed by atoms with Gasteiger partial charge in [-0.2, -0.15) is 0 Å². The maximum atomic E-state index is 13.1. The van der Waals surface area contributed by atoms with Crippen LogP contribution in [-0.2, 0) is 11.2 Å². The molecule has 1 N–H and O–H groups in total. The molecule has 2 amide bonds. The topological polar surface area (TPSA) is 75.4 Å². The van der Waals surface area contributed by atoms with Gasteiger partial charge < -0.3 is 14.7 Å². The lowest BCUT2D eigenvalue weighted by Crippen LogP contribution is -2.43. The van der Waals surface area contributed by atoms with Gasteiger partial charge in [0.15, 0.2) is 5.82 Å². The normalized spacial score (nSPS) is 11.9. The predicted octanol–water partition coefficient (Wildman–Crippen LogP) is 4.99. The van der Waals surface area contributed by atoms with Crippen LogP contribution < -0.4 is 5.32 Å². The van der Waals surface area contributed by atoms with Crippen molar-refractivity contribution in [1.29, 1.82) is 0 Å². The van der Waals surface area contributed by atoms with E-state index in [0.717, 1.165) is 12.8 Å². The van der Waals surface area contributed by atoms with E-state index in [4.69, 9.17) is 4.52 Å². The van der Waals surface area contributed by atoms with Gasteiger partial charge in [0.25, 0.3) is 5.91 Å². The average molecular weight is 400 g/mol. The summed E-state index contributed by atoms with van der Waals surface area (Å²) in [5.74, 6) is 0.546. The summed E-state index contributed by atoms with van der Waals surface area (Å²) in [5, 5.41) is 6.45. The molecule has 1 atom stereocenters. The Morgan fingerprint density at radius 2 is 1.86 bits per heavy atom. The SMILES string of the molecule is CCCCCCc1ccc(C(=O)N(CC(=O)Nc2cc(C)on2)C(C)CC)cc1. The number of carbonyl (C=O) groups excluding carboxylic acids is 2. The number of aromatic nitrogens is 1. The fraction of sp³-hybridized carbons (Fsp3) is 0.522. The van der Waals surface area contributed by atoms with Crippen molar-refractivity contribution >= 4 is 17.6 Å². The maximum absolute atomic E-state index is 13.1. The second-order valence-electron chi connectivity index (χ2n) is 7.57. The van der Waals surface area contributed by atoms with Crippen molar-refractivity contribution in [3.63, 3.8) is 0 Å². The molecule has 1 aromatic heterocycles. The highest BCUT2D eigenvalue weighted by molar-refractivity contribution is 5.99. The fourth-order valence-electron chi connectivity index (χ4n) is 3.15. The van der Waals surface area contributed by atoms with Crippen molar-refractivity contribution in [2.75, 3.05) is 11.9 Å². The summed E-state index contributed by atoms with van der Waals surface area (Å²) in [4.78, 5) is 27.1. The lowest BCUT2D eigenvalue weighted by molar-refractivity contribution is -0.117.